The van der Waals surface area contributed by atoms with Crippen LogP contribution in [0.1, 0.15) is 19.4 Å². The van der Waals surface area contributed by atoms with Crippen molar-refractivity contribution in [2.45, 2.75) is 26.3 Å². The molecule has 0 spiro atoms. The highest BCUT2D eigenvalue weighted by Crippen LogP contribution is 2.19. The van der Waals surface area contributed by atoms with Gasteiger partial charge < -0.3 is 20.9 Å². The molecule has 0 bridgehead atoms. The predicted octanol–water partition coefficient (Wildman–Crippen LogP) is 1.87. The number of anilines is 1. The van der Waals surface area contributed by atoms with Gasteiger partial charge in [0.25, 0.3) is 0 Å². The van der Waals surface area contributed by atoms with Gasteiger partial charge in [0.2, 0.25) is 17.8 Å². The molecule has 0 saturated heterocycles. The Labute approximate surface area is 169 Å². The first-order chi connectivity index (χ1) is 14.0. The van der Waals surface area contributed by atoms with Crippen molar-refractivity contribution in [3.63, 3.8) is 0 Å². The van der Waals surface area contributed by atoms with Gasteiger partial charge in [-0.05, 0) is 17.7 Å². The maximum atomic E-state index is 12.8. The van der Waals surface area contributed by atoms with E-state index in [-0.39, 0.29) is 17.7 Å². The molecular formula is C21H26N6O2. The lowest BCUT2D eigenvalue weighted by molar-refractivity contribution is -0.130. The Kier molecular flexibility index (Phi) is 6.78. The number of aromatic nitrogens is 3. The summed E-state index contributed by atoms with van der Waals surface area (Å²) in [5.74, 6) is -0.0729. The molecule has 1 unspecified atom stereocenters. The minimum absolute atomic E-state index is 0.152. The van der Waals surface area contributed by atoms with Gasteiger partial charge in [-0.15, -0.1) is 0 Å². The standard InChI is InChI=1S/C21H26N6O2/c1-14(2)19(28)27-18(12-15-13-26-17-7-4-3-6-16(15)17)20(29)22-10-11-25-21-23-8-5-9-24-21/h3-9,13-14,18,26H,10-12H2,1-2H3,(H,22,29)(H,27,28)(H,23,24,25). The second-order valence-corrected chi connectivity index (χ2v) is 7.07. The normalized spacial score (nSPS) is 12.0. The zero-order valence-electron chi connectivity index (χ0n) is 16.6. The Bertz CT molecular complexity index is 954. The molecule has 3 rings (SSSR count). The van der Waals surface area contributed by atoms with Crippen LogP contribution in [0.4, 0.5) is 5.95 Å². The summed E-state index contributed by atoms with van der Waals surface area (Å²) in [4.78, 5) is 36.4. The smallest absolute Gasteiger partial charge is 0.242 e. The summed E-state index contributed by atoms with van der Waals surface area (Å²) in [5.41, 5.74) is 1.99. The highest BCUT2D eigenvalue weighted by molar-refractivity contribution is 5.90. The number of carbonyl (C=O) groups is 2. The highest BCUT2D eigenvalue weighted by Gasteiger charge is 2.23. The Morgan fingerprint density at radius 2 is 1.79 bits per heavy atom. The lowest BCUT2D eigenvalue weighted by atomic mass is 10.0. The first-order valence-corrected chi connectivity index (χ1v) is 9.68. The van der Waals surface area contributed by atoms with Gasteiger partial charge in [-0.2, -0.15) is 0 Å². The van der Waals surface area contributed by atoms with Crippen molar-refractivity contribution in [2.75, 3.05) is 18.4 Å². The fourth-order valence-electron chi connectivity index (χ4n) is 2.94. The quantitative estimate of drug-likeness (QED) is 0.414. The third-order valence-corrected chi connectivity index (χ3v) is 4.53. The molecule has 8 nitrogen and oxygen atoms in total. The number of H-pyrrole nitrogens is 1. The van der Waals surface area contributed by atoms with Crippen LogP contribution in [0.2, 0.25) is 0 Å². The number of nitrogens with zero attached hydrogens (tertiary/aromatic N) is 2. The molecule has 29 heavy (non-hydrogen) atoms. The van der Waals surface area contributed by atoms with Crippen LogP contribution in [0.25, 0.3) is 10.9 Å². The molecule has 0 saturated carbocycles. The first-order valence-electron chi connectivity index (χ1n) is 9.68. The van der Waals surface area contributed by atoms with Crippen LogP contribution in [-0.4, -0.2) is 45.9 Å². The first kappa shape index (κ1) is 20.3. The van der Waals surface area contributed by atoms with Crippen molar-refractivity contribution in [3.05, 3.63) is 54.5 Å². The minimum atomic E-state index is -0.655. The number of rotatable bonds is 9. The summed E-state index contributed by atoms with van der Waals surface area (Å²) in [5, 5.41) is 9.83. The van der Waals surface area contributed by atoms with E-state index in [2.05, 4.69) is 30.9 Å². The van der Waals surface area contributed by atoms with Crippen LogP contribution in [0, 0.1) is 5.92 Å². The molecule has 0 fully saturated rings. The molecule has 2 heterocycles. The van der Waals surface area contributed by atoms with Crippen molar-refractivity contribution in [1.29, 1.82) is 0 Å². The van der Waals surface area contributed by atoms with Gasteiger partial charge in [-0.1, -0.05) is 32.0 Å². The zero-order chi connectivity index (χ0) is 20.6. The third-order valence-electron chi connectivity index (χ3n) is 4.53. The molecular weight excluding hydrogens is 368 g/mol. The highest BCUT2D eigenvalue weighted by atomic mass is 16.2. The van der Waals surface area contributed by atoms with Crippen LogP contribution < -0.4 is 16.0 Å². The largest absolute Gasteiger partial charge is 0.361 e. The van der Waals surface area contributed by atoms with Crippen LogP contribution in [0.3, 0.4) is 0 Å². The second kappa shape index (κ2) is 9.68. The number of hydrogen-bond acceptors (Lipinski definition) is 5. The number of para-hydroxylation sites is 1. The fourth-order valence-corrected chi connectivity index (χ4v) is 2.94. The summed E-state index contributed by atoms with van der Waals surface area (Å²) in [6.07, 6.45) is 5.59. The fraction of sp³-hybridized carbons (Fsp3) is 0.333. The van der Waals surface area contributed by atoms with Crippen LogP contribution in [-0.2, 0) is 16.0 Å². The van der Waals surface area contributed by atoms with Gasteiger partial charge in [0, 0.05) is 54.9 Å². The molecule has 152 valence electrons. The summed E-state index contributed by atoms with van der Waals surface area (Å²) in [7, 11) is 0. The van der Waals surface area contributed by atoms with E-state index in [1.165, 1.54) is 0 Å². The monoisotopic (exact) mass is 394 g/mol. The molecule has 0 aliphatic rings. The topological polar surface area (TPSA) is 112 Å². The van der Waals surface area contributed by atoms with Crippen LogP contribution >= 0.6 is 0 Å². The number of fused-ring (bicyclic) bond motifs is 1. The van der Waals surface area contributed by atoms with E-state index in [0.717, 1.165) is 16.5 Å². The SMILES string of the molecule is CC(C)C(=O)NC(Cc1c[nH]c2ccccc12)C(=O)NCCNc1ncccn1. The maximum Gasteiger partial charge on any atom is 0.242 e. The van der Waals surface area contributed by atoms with E-state index in [1.807, 2.05) is 30.5 Å². The van der Waals surface area contributed by atoms with Gasteiger partial charge in [0.15, 0.2) is 0 Å². The van der Waals surface area contributed by atoms with Gasteiger partial charge in [-0.3, -0.25) is 9.59 Å². The van der Waals surface area contributed by atoms with Crippen molar-refractivity contribution < 1.29 is 9.59 Å². The average molecular weight is 394 g/mol. The van der Waals surface area contributed by atoms with Crippen molar-refractivity contribution >= 4 is 28.7 Å². The van der Waals surface area contributed by atoms with E-state index < -0.39 is 6.04 Å². The molecule has 0 aliphatic heterocycles. The van der Waals surface area contributed by atoms with E-state index in [0.29, 0.717) is 25.5 Å². The van der Waals surface area contributed by atoms with E-state index in [4.69, 9.17) is 0 Å². The number of carbonyl (C=O) groups excluding carboxylic acids is 2. The maximum absolute atomic E-state index is 12.8. The molecule has 0 radical (unpaired) electrons. The molecule has 0 aliphatic carbocycles. The number of hydrogen-bond donors (Lipinski definition) is 4. The summed E-state index contributed by atoms with van der Waals surface area (Å²) >= 11 is 0. The van der Waals surface area contributed by atoms with Crippen LogP contribution in [0.5, 0.6) is 0 Å². The number of nitrogens with one attached hydrogen (secondary N) is 4. The predicted molar refractivity (Wildman–Crippen MR) is 112 cm³/mol. The molecule has 1 atom stereocenters. The molecule has 2 aromatic heterocycles. The van der Waals surface area contributed by atoms with E-state index in [1.54, 1.807) is 32.3 Å². The Morgan fingerprint density at radius 3 is 2.55 bits per heavy atom. The minimum Gasteiger partial charge on any atom is -0.361 e. The van der Waals surface area contributed by atoms with Gasteiger partial charge in [0.1, 0.15) is 6.04 Å². The van der Waals surface area contributed by atoms with Gasteiger partial charge in [-0.25, -0.2) is 9.97 Å². The third kappa shape index (κ3) is 5.54. The van der Waals surface area contributed by atoms with Crippen molar-refractivity contribution in [3.8, 4) is 0 Å². The summed E-state index contributed by atoms with van der Waals surface area (Å²) in [6, 6.07) is 8.98. The number of aromatic amines is 1. The Hall–Kier alpha value is -3.42. The van der Waals surface area contributed by atoms with Crippen molar-refractivity contribution in [1.82, 2.24) is 25.6 Å². The van der Waals surface area contributed by atoms with Crippen LogP contribution in [0.15, 0.2) is 48.9 Å². The van der Waals surface area contributed by atoms with Gasteiger partial charge in [0.05, 0.1) is 0 Å². The zero-order valence-corrected chi connectivity index (χ0v) is 16.6. The van der Waals surface area contributed by atoms with E-state index >= 15 is 0 Å². The molecule has 2 amide bonds. The molecule has 8 heteroatoms. The lowest BCUT2D eigenvalue weighted by Gasteiger charge is -2.19. The van der Waals surface area contributed by atoms with Crippen molar-refractivity contribution in [2.24, 2.45) is 5.92 Å². The molecule has 4 N–H and O–H groups in total. The lowest BCUT2D eigenvalue weighted by Crippen LogP contribution is -2.49. The molecule has 1 aromatic carbocycles. The Balaban J connectivity index is 1.62. The summed E-state index contributed by atoms with van der Waals surface area (Å²) in [6.45, 7) is 4.48. The van der Waals surface area contributed by atoms with E-state index in [9.17, 15) is 9.59 Å². The summed E-state index contributed by atoms with van der Waals surface area (Å²) < 4.78 is 0. The Morgan fingerprint density at radius 1 is 1.03 bits per heavy atom. The number of amides is 2. The number of benzene rings is 1. The second-order valence-electron chi connectivity index (χ2n) is 7.07. The van der Waals surface area contributed by atoms with Gasteiger partial charge >= 0.3 is 0 Å². The molecule has 3 aromatic rings. The average Bonchev–Trinajstić information content (AvgIpc) is 3.14.